The van der Waals surface area contributed by atoms with Crippen molar-refractivity contribution in [2.24, 2.45) is 5.92 Å². The highest BCUT2D eigenvalue weighted by atomic mass is 32.2. The van der Waals surface area contributed by atoms with Gasteiger partial charge >= 0.3 is 0 Å². The zero-order chi connectivity index (χ0) is 20.8. The molecule has 1 heterocycles. The van der Waals surface area contributed by atoms with Crippen LogP contribution in [0.25, 0.3) is 0 Å². The predicted molar refractivity (Wildman–Crippen MR) is 111 cm³/mol. The lowest BCUT2D eigenvalue weighted by Crippen LogP contribution is -2.20. The van der Waals surface area contributed by atoms with Crippen LogP contribution in [0.4, 0.5) is 5.82 Å². The van der Waals surface area contributed by atoms with Crippen molar-refractivity contribution in [3.05, 3.63) is 35.5 Å². The molecular weight excluding hydrogens is 388 g/mol. The molecule has 2 fully saturated rings. The number of hydrogen-bond donors (Lipinski definition) is 1. The van der Waals surface area contributed by atoms with Crippen LogP contribution in [0.15, 0.2) is 34.1 Å². The number of rotatable bonds is 6. The van der Waals surface area contributed by atoms with Crippen molar-refractivity contribution in [2.75, 3.05) is 12.4 Å². The summed E-state index contributed by atoms with van der Waals surface area (Å²) in [7, 11) is -2.25. The van der Waals surface area contributed by atoms with Crippen LogP contribution in [0.3, 0.4) is 0 Å². The fourth-order valence-electron chi connectivity index (χ4n) is 4.30. The van der Waals surface area contributed by atoms with E-state index in [1.165, 1.54) is 0 Å². The van der Waals surface area contributed by atoms with Gasteiger partial charge in [0.05, 0.1) is 12.0 Å². The van der Waals surface area contributed by atoms with Gasteiger partial charge in [-0.1, -0.05) is 12.8 Å². The van der Waals surface area contributed by atoms with Gasteiger partial charge in [0.15, 0.2) is 0 Å². The fourth-order valence-corrected chi connectivity index (χ4v) is 5.99. The van der Waals surface area contributed by atoms with Crippen molar-refractivity contribution in [1.82, 2.24) is 4.57 Å². The van der Waals surface area contributed by atoms with Crippen LogP contribution in [0.5, 0.6) is 5.75 Å². The number of benzene rings is 1. The summed E-state index contributed by atoms with van der Waals surface area (Å²) >= 11 is 0. The minimum atomic E-state index is -3.80. The Balaban J connectivity index is 1.86. The van der Waals surface area contributed by atoms with Crippen LogP contribution < -0.4 is 10.1 Å². The van der Waals surface area contributed by atoms with Gasteiger partial charge in [0.25, 0.3) is 0 Å². The van der Waals surface area contributed by atoms with E-state index in [1.54, 1.807) is 31.4 Å². The molecular formula is C22H28N2O4S. The normalized spacial score (nSPS) is 17.5. The number of nitrogens with one attached hydrogen (secondary N) is 1. The summed E-state index contributed by atoms with van der Waals surface area (Å²) in [4.78, 5) is 13.0. The molecule has 0 aliphatic heterocycles. The van der Waals surface area contributed by atoms with Crippen molar-refractivity contribution < 1.29 is 17.9 Å². The highest BCUT2D eigenvalue weighted by Gasteiger charge is 2.36. The summed E-state index contributed by atoms with van der Waals surface area (Å²) in [6.07, 6.45) is 5.99. The molecule has 0 spiro atoms. The smallest absolute Gasteiger partial charge is 0.228 e. The Hall–Kier alpha value is -2.28. The van der Waals surface area contributed by atoms with Crippen LogP contribution >= 0.6 is 0 Å². The summed E-state index contributed by atoms with van der Waals surface area (Å²) in [6, 6.07) is 6.63. The van der Waals surface area contributed by atoms with E-state index in [1.807, 2.05) is 13.8 Å². The Morgan fingerprint density at radius 3 is 2.24 bits per heavy atom. The van der Waals surface area contributed by atoms with Crippen molar-refractivity contribution in [1.29, 1.82) is 0 Å². The minimum absolute atomic E-state index is 0.000851. The molecule has 1 amide bonds. The highest BCUT2D eigenvalue weighted by molar-refractivity contribution is 7.91. The molecule has 0 saturated heterocycles. The maximum Gasteiger partial charge on any atom is 0.228 e. The molecule has 2 aliphatic carbocycles. The third-order valence-electron chi connectivity index (χ3n) is 6.22. The number of nitrogens with zero attached hydrogens (tertiary/aromatic N) is 1. The van der Waals surface area contributed by atoms with E-state index >= 15 is 0 Å². The van der Waals surface area contributed by atoms with Gasteiger partial charge in [-0.25, -0.2) is 8.42 Å². The summed E-state index contributed by atoms with van der Waals surface area (Å²) in [5.74, 6) is 0.967. The van der Waals surface area contributed by atoms with Gasteiger partial charge in [-0.3, -0.25) is 4.79 Å². The fraction of sp³-hybridized carbons (Fsp3) is 0.500. The average Bonchev–Trinajstić information content (AvgIpc) is 3.37. The highest BCUT2D eigenvalue weighted by Crippen LogP contribution is 2.42. The number of carbonyl (C=O) groups excluding carboxylic acids is 1. The van der Waals surface area contributed by atoms with E-state index in [9.17, 15) is 13.2 Å². The van der Waals surface area contributed by atoms with Crippen LogP contribution in [-0.2, 0) is 14.6 Å². The number of hydrogen-bond acceptors (Lipinski definition) is 4. The molecule has 0 atom stereocenters. The number of aromatic nitrogens is 1. The van der Waals surface area contributed by atoms with Crippen molar-refractivity contribution in [3.8, 4) is 5.75 Å². The third kappa shape index (κ3) is 3.56. The lowest BCUT2D eigenvalue weighted by Gasteiger charge is -2.20. The topological polar surface area (TPSA) is 77.4 Å². The standard InChI is InChI=1S/C22H28N2O4S/c1-14-15(2)24(17-6-4-5-7-17)21(23-22(25)16-8-9-16)20(14)29(26,27)19-12-10-18(28-3)11-13-19/h10-13,16-17H,4-9H2,1-3H3,(H,23,25). The molecule has 29 heavy (non-hydrogen) atoms. The zero-order valence-electron chi connectivity index (χ0n) is 17.2. The second-order valence-electron chi connectivity index (χ2n) is 8.14. The summed E-state index contributed by atoms with van der Waals surface area (Å²) < 4.78 is 34.5. The molecule has 1 aromatic carbocycles. The first-order valence-corrected chi connectivity index (χ1v) is 11.7. The molecule has 2 saturated carbocycles. The molecule has 156 valence electrons. The van der Waals surface area contributed by atoms with Crippen molar-refractivity contribution in [2.45, 2.75) is 68.2 Å². The van der Waals surface area contributed by atoms with Crippen LogP contribution in [-0.4, -0.2) is 26.0 Å². The monoisotopic (exact) mass is 416 g/mol. The maximum absolute atomic E-state index is 13.6. The predicted octanol–water partition coefficient (Wildman–Crippen LogP) is 4.41. The molecule has 0 unspecified atom stereocenters. The van der Waals surface area contributed by atoms with E-state index in [4.69, 9.17) is 4.74 Å². The molecule has 7 heteroatoms. The molecule has 4 rings (SSSR count). The Bertz CT molecular complexity index is 1030. The molecule has 1 N–H and O–H groups in total. The number of anilines is 1. The maximum atomic E-state index is 13.6. The van der Waals surface area contributed by atoms with E-state index in [0.29, 0.717) is 17.1 Å². The first-order chi connectivity index (χ1) is 13.8. The second-order valence-corrected chi connectivity index (χ2v) is 10.0. The minimum Gasteiger partial charge on any atom is -0.497 e. The SMILES string of the molecule is COc1ccc(S(=O)(=O)c2c(C)c(C)n(C3CCCC3)c2NC(=O)C2CC2)cc1. The summed E-state index contributed by atoms with van der Waals surface area (Å²) in [5.41, 5.74) is 1.62. The Kier molecular flexibility index (Phi) is 5.19. The van der Waals surface area contributed by atoms with Crippen LogP contribution in [0.2, 0.25) is 0 Å². The van der Waals surface area contributed by atoms with Crippen molar-refractivity contribution in [3.63, 3.8) is 0 Å². The van der Waals surface area contributed by atoms with Gasteiger partial charge in [-0.05, 0) is 69.4 Å². The largest absolute Gasteiger partial charge is 0.497 e. The molecule has 6 nitrogen and oxygen atoms in total. The number of amides is 1. The van der Waals surface area contributed by atoms with E-state index in [2.05, 4.69) is 9.88 Å². The molecule has 0 radical (unpaired) electrons. The van der Waals surface area contributed by atoms with E-state index in [0.717, 1.165) is 44.2 Å². The Labute approximate surface area is 172 Å². The molecule has 2 aromatic rings. The van der Waals surface area contributed by atoms with Crippen molar-refractivity contribution >= 4 is 21.6 Å². The lowest BCUT2D eigenvalue weighted by atomic mass is 10.2. The first-order valence-electron chi connectivity index (χ1n) is 10.3. The number of sulfone groups is 1. The van der Waals surface area contributed by atoms with Gasteiger partial charge in [-0.15, -0.1) is 0 Å². The average molecular weight is 417 g/mol. The summed E-state index contributed by atoms with van der Waals surface area (Å²) in [6.45, 7) is 3.79. The molecule has 1 aromatic heterocycles. The second kappa shape index (κ2) is 7.52. The number of methoxy groups -OCH3 is 1. The first kappa shape index (κ1) is 20.0. The molecule has 0 bridgehead atoms. The third-order valence-corrected chi connectivity index (χ3v) is 8.15. The zero-order valence-corrected chi connectivity index (χ0v) is 18.0. The molecule has 2 aliphatic rings. The van der Waals surface area contributed by atoms with Gasteiger partial charge < -0.3 is 14.6 Å². The quantitative estimate of drug-likeness (QED) is 0.757. The lowest BCUT2D eigenvalue weighted by molar-refractivity contribution is -0.117. The Morgan fingerprint density at radius 1 is 1.07 bits per heavy atom. The van der Waals surface area contributed by atoms with Gasteiger partial charge in [-0.2, -0.15) is 0 Å². The van der Waals surface area contributed by atoms with Gasteiger partial charge in [0, 0.05) is 17.7 Å². The van der Waals surface area contributed by atoms with Crippen LogP contribution in [0, 0.1) is 19.8 Å². The number of ether oxygens (including phenoxy) is 1. The van der Waals surface area contributed by atoms with Gasteiger partial charge in [0.1, 0.15) is 16.5 Å². The van der Waals surface area contributed by atoms with E-state index < -0.39 is 9.84 Å². The van der Waals surface area contributed by atoms with E-state index in [-0.39, 0.29) is 27.7 Å². The summed E-state index contributed by atoms with van der Waals surface area (Å²) in [5, 5.41) is 3.00. The number of carbonyl (C=O) groups is 1. The Morgan fingerprint density at radius 2 is 1.69 bits per heavy atom. The van der Waals surface area contributed by atoms with Gasteiger partial charge in [0.2, 0.25) is 15.7 Å². The van der Waals surface area contributed by atoms with Crippen LogP contribution in [0.1, 0.15) is 55.8 Å².